The summed E-state index contributed by atoms with van der Waals surface area (Å²) in [6.07, 6.45) is 2.50. The van der Waals surface area contributed by atoms with Crippen molar-refractivity contribution < 1.29 is 19.4 Å². The van der Waals surface area contributed by atoms with Gasteiger partial charge in [0.05, 0.1) is 6.10 Å². The number of urea groups is 1. The van der Waals surface area contributed by atoms with Crippen LogP contribution >= 0.6 is 0 Å². The van der Waals surface area contributed by atoms with Crippen LogP contribution in [0.15, 0.2) is 0 Å². The molecule has 2 aliphatic heterocycles. The zero-order valence-electron chi connectivity index (χ0n) is 12.6. The van der Waals surface area contributed by atoms with Crippen LogP contribution in [-0.2, 0) is 9.53 Å². The highest BCUT2D eigenvalue weighted by Crippen LogP contribution is 2.15. The summed E-state index contributed by atoms with van der Waals surface area (Å²) in [5.74, 6) is -0.396. The number of carboxylic acids is 1. The van der Waals surface area contributed by atoms with E-state index in [1.165, 1.54) is 0 Å². The average molecular weight is 299 g/mol. The van der Waals surface area contributed by atoms with E-state index in [1.54, 1.807) is 4.90 Å². The molecular weight excluding hydrogens is 274 g/mol. The SMILES string of the molecule is CN1CCC(CNC(=O)N2CCC(OCC(=O)O)CC2)C1. The molecule has 2 N–H and O–H groups in total. The summed E-state index contributed by atoms with van der Waals surface area (Å²) < 4.78 is 5.26. The van der Waals surface area contributed by atoms with Crippen LogP contribution in [0.25, 0.3) is 0 Å². The molecular formula is C14H25N3O4. The number of carboxylic acid groups (broad SMARTS) is 1. The monoisotopic (exact) mass is 299 g/mol. The van der Waals surface area contributed by atoms with E-state index in [9.17, 15) is 9.59 Å². The van der Waals surface area contributed by atoms with Gasteiger partial charge in [0.15, 0.2) is 0 Å². The second-order valence-corrected chi connectivity index (χ2v) is 5.99. The number of nitrogens with one attached hydrogen (secondary N) is 1. The summed E-state index contributed by atoms with van der Waals surface area (Å²) in [6.45, 7) is 3.88. The predicted octanol–water partition coefficient (Wildman–Crippen LogP) is 0.213. The molecule has 120 valence electrons. The molecule has 21 heavy (non-hydrogen) atoms. The normalized spacial score (nSPS) is 24.2. The molecule has 2 fully saturated rings. The van der Waals surface area contributed by atoms with Crippen molar-refractivity contribution in [3.63, 3.8) is 0 Å². The molecule has 0 aliphatic carbocycles. The van der Waals surface area contributed by atoms with Crippen LogP contribution in [0, 0.1) is 5.92 Å². The Morgan fingerprint density at radius 2 is 1.95 bits per heavy atom. The van der Waals surface area contributed by atoms with Gasteiger partial charge < -0.3 is 25.0 Å². The van der Waals surface area contributed by atoms with Crippen LogP contribution in [0.5, 0.6) is 0 Å². The van der Waals surface area contributed by atoms with Crippen molar-refractivity contribution in [2.24, 2.45) is 5.92 Å². The molecule has 0 aromatic carbocycles. The molecule has 2 heterocycles. The number of carbonyl (C=O) groups is 2. The Morgan fingerprint density at radius 1 is 1.24 bits per heavy atom. The number of nitrogens with zero attached hydrogens (tertiary/aromatic N) is 2. The highest BCUT2D eigenvalue weighted by atomic mass is 16.5. The molecule has 0 spiro atoms. The standard InChI is InChI=1S/C14H25N3O4/c1-16-5-2-11(9-16)8-15-14(20)17-6-3-12(4-7-17)21-10-13(18)19/h11-12H,2-10H2,1H3,(H,15,20)(H,18,19). The van der Waals surface area contributed by atoms with E-state index >= 15 is 0 Å². The maximum absolute atomic E-state index is 12.1. The van der Waals surface area contributed by atoms with Crippen LogP contribution in [0.3, 0.4) is 0 Å². The Bertz CT molecular complexity index is 369. The van der Waals surface area contributed by atoms with Crippen LogP contribution in [0.4, 0.5) is 4.79 Å². The number of carbonyl (C=O) groups excluding carboxylic acids is 1. The van der Waals surface area contributed by atoms with E-state index in [4.69, 9.17) is 9.84 Å². The van der Waals surface area contributed by atoms with Gasteiger partial charge >= 0.3 is 12.0 Å². The van der Waals surface area contributed by atoms with Crippen LogP contribution in [-0.4, -0.2) is 79.4 Å². The first kappa shape index (κ1) is 16.0. The van der Waals surface area contributed by atoms with Gasteiger partial charge in [-0.3, -0.25) is 0 Å². The molecule has 7 nitrogen and oxygen atoms in total. The minimum Gasteiger partial charge on any atom is -0.480 e. The lowest BCUT2D eigenvalue weighted by Crippen LogP contribution is -2.47. The third-order valence-electron chi connectivity index (χ3n) is 4.20. The quantitative estimate of drug-likeness (QED) is 0.758. The highest BCUT2D eigenvalue weighted by molar-refractivity contribution is 5.74. The third-order valence-corrected chi connectivity index (χ3v) is 4.20. The van der Waals surface area contributed by atoms with E-state index in [0.717, 1.165) is 26.1 Å². The molecule has 0 aromatic rings. The second kappa shape index (κ2) is 7.61. The maximum atomic E-state index is 12.1. The summed E-state index contributed by atoms with van der Waals surface area (Å²) in [7, 11) is 2.10. The van der Waals surface area contributed by atoms with Gasteiger partial charge in [0.1, 0.15) is 6.61 Å². The van der Waals surface area contributed by atoms with E-state index in [2.05, 4.69) is 17.3 Å². The first-order valence-corrected chi connectivity index (χ1v) is 7.59. The van der Waals surface area contributed by atoms with Crippen LogP contribution in [0.2, 0.25) is 0 Å². The summed E-state index contributed by atoms with van der Waals surface area (Å²) in [6, 6.07) is -0.0127. The fourth-order valence-electron chi connectivity index (χ4n) is 2.95. The van der Waals surface area contributed by atoms with Gasteiger partial charge in [0.2, 0.25) is 0 Å². The van der Waals surface area contributed by atoms with Crippen LogP contribution < -0.4 is 5.32 Å². The van der Waals surface area contributed by atoms with E-state index in [1.807, 2.05) is 0 Å². The molecule has 0 aromatic heterocycles. The Morgan fingerprint density at radius 3 is 2.52 bits per heavy atom. The molecule has 0 bridgehead atoms. The molecule has 0 radical (unpaired) electrons. The summed E-state index contributed by atoms with van der Waals surface area (Å²) in [5.41, 5.74) is 0. The number of ether oxygens (including phenoxy) is 1. The maximum Gasteiger partial charge on any atom is 0.329 e. The van der Waals surface area contributed by atoms with E-state index in [-0.39, 0.29) is 18.7 Å². The van der Waals surface area contributed by atoms with Crippen molar-refractivity contribution in [2.45, 2.75) is 25.4 Å². The van der Waals surface area contributed by atoms with Crippen molar-refractivity contribution in [1.82, 2.24) is 15.1 Å². The number of rotatable bonds is 5. The Labute approximate surface area is 125 Å². The fraction of sp³-hybridized carbons (Fsp3) is 0.857. The van der Waals surface area contributed by atoms with Crippen LogP contribution in [0.1, 0.15) is 19.3 Å². The summed E-state index contributed by atoms with van der Waals surface area (Å²) in [5, 5.41) is 11.6. The lowest BCUT2D eigenvalue weighted by atomic mass is 10.1. The fourth-order valence-corrected chi connectivity index (χ4v) is 2.95. The molecule has 2 rings (SSSR count). The van der Waals surface area contributed by atoms with Crippen molar-refractivity contribution in [3.8, 4) is 0 Å². The number of piperidine rings is 1. The molecule has 1 unspecified atom stereocenters. The Kier molecular flexibility index (Phi) is 5.81. The van der Waals surface area contributed by atoms with Crippen molar-refractivity contribution in [2.75, 3.05) is 46.4 Å². The van der Waals surface area contributed by atoms with Crippen molar-refractivity contribution in [1.29, 1.82) is 0 Å². The predicted molar refractivity (Wildman–Crippen MR) is 77.2 cm³/mol. The van der Waals surface area contributed by atoms with Crippen molar-refractivity contribution in [3.05, 3.63) is 0 Å². The topological polar surface area (TPSA) is 82.1 Å². The third kappa shape index (κ3) is 5.17. The zero-order valence-corrected chi connectivity index (χ0v) is 12.6. The number of aliphatic carboxylic acids is 1. The van der Waals surface area contributed by atoms with Gasteiger partial charge in [-0.1, -0.05) is 0 Å². The first-order chi connectivity index (χ1) is 10.0. The Balaban J connectivity index is 1.62. The highest BCUT2D eigenvalue weighted by Gasteiger charge is 2.25. The Hall–Kier alpha value is -1.34. The average Bonchev–Trinajstić information content (AvgIpc) is 2.89. The summed E-state index contributed by atoms with van der Waals surface area (Å²) >= 11 is 0. The smallest absolute Gasteiger partial charge is 0.329 e. The van der Waals surface area contributed by atoms with Gasteiger partial charge in [0, 0.05) is 26.2 Å². The van der Waals surface area contributed by atoms with Gasteiger partial charge in [-0.05, 0) is 38.8 Å². The molecule has 7 heteroatoms. The second-order valence-electron chi connectivity index (χ2n) is 5.99. The van der Waals surface area contributed by atoms with E-state index < -0.39 is 5.97 Å². The van der Waals surface area contributed by atoms with Gasteiger partial charge in [-0.15, -0.1) is 0 Å². The number of hydrogen-bond acceptors (Lipinski definition) is 4. The summed E-state index contributed by atoms with van der Waals surface area (Å²) in [4.78, 5) is 26.6. The minimum atomic E-state index is -0.947. The first-order valence-electron chi connectivity index (χ1n) is 7.59. The number of amides is 2. The lowest BCUT2D eigenvalue weighted by molar-refractivity contribution is -0.145. The van der Waals surface area contributed by atoms with Gasteiger partial charge in [-0.2, -0.15) is 0 Å². The largest absolute Gasteiger partial charge is 0.480 e. The molecule has 2 saturated heterocycles. The lowest BCUT2D eigenvalue weighted by Gasteiger charge is -2.32. The number of hydrogen-bond donors (Lipinski definition) is 2. The van der Waals surface area contributed by atoms with Crippen molar-refractivity contribution >= 4 is 12.0 Å². The van der Waals surface area contributed by atoms with E-state index in [0.29, 0.717) is 31.8 Å². The molecule has 2 aliphatic rings. The minimum absolute atomic E-state index is 0.0127. The van der Waals surface area contributed by atoms with Gasteiger partial charge in [-0.25, -0.2) is 9.59 Å². The molecule has 1 atom stereocenters. The molecule has 2 amide bonds. The molecule has 0 saturated carbocycles. The zero-order chi connectivity index (χ0) is 15.2. The van der Waals surface area contributed by atoms with Gasteiger partial charge in [0.25, 0.3) is 0 Å². The number of likely N-dealkylation sites (tertiary alicyclic amines) is 2.